The third kappa shape index (κ3) is 3.96. The number of nitrogens with one attached hydrogen (secondary N) is 1. The molecule has 0 spiro atoms. The number of ether oxygens (including phenoxy) is 2. The molecule has 1 aromatic heterocycles. The minimum atomic E-state index is 0.412. The van der Waals surface area contributed by atoms with E-state index in [0.29, 0.717) is 6.61 Å². The number of hydrogen-bond acceptors (Lipinski definition) is 4. The van der Waals surface area contributed by atoms with Crippen molar-refractivity contribution in [3.8, 4) is 22.6 Å². The molecule has 3 aromatic rings. The van der Waals surface area contributed by atoms with E-state index in [0.717, 1.165) is 41.3 Å². The molecule has 0 unspecified atom stereocenters. The van der Waals surface area contributed by atoms with E-state index in [1.165, 1.54) is 29.7 Å². The van der Waals surface area contributed by atoms with Crippen LogP contribution in [0.25, 0.3) is 11.1 Å². The Morgan fingerprint density at radius 3 is 2.86 bits per heavy atom. The van der Waals surface area contributed by atoms with Crippen molar-refractivity contribution in [3.05, 3.63) is 71.5 Å². The van der Waals surface area contributed by atoms with Crippen LogP contribution in [0.15, 0.2) is 54.7 Å². The van der Waals surface area contributed by atoms with Gasteiger partial charge in [0.2, 0.25) is 0 Å². The van der Waals surface area contributed by atoms with Gasteiger partial charge in [-0.3, -0.25) is 4.98 Å². The van der Waals surface area contributed by atoms with Gasteiger partial charge in [-0.15, -0.1) is 0 Å². The fraction of sp³-hybridized carbons (Fsp3) is 0.292. The quantitative estimate of drug-likeness (QED) is 0.650. The summed E-state index contributed by atoms with van der Waals surface area (Å²) in [6, 6.07) is 16.7. The maximum absolute atomic E-state index is 6.06. The van der Waals surface area contributed by atoms with E-state index in [2.05, 4.69) is 41.5 Å². The second-order valence-corrected chi connectivity index (χ2v) is 7.21. The number of benzene rings is 2. The summed E-state index contributed by atoms with van der Waals surface area (Å²) in [5.41, 5.74) is 6.89. The molecule has 28 heavy (non-hydrogen) atoms. The van der Waals surface area contributed by atoms with Crippen molar-refractivity contribution in [1.82, 2.24) is 4.98 Å². The van der Waals surface area contributed by atoms with E-state index in [9.17, 15) is 0 Å². The van der Waals surface area contributed by atoms with Crippen molar-refractivity contribution >= 4 is 5.69 Å². The standard InChI is InChI=1S/C24H26N2O2/c1-17-11-13-25-20(14-17)16-28-23-8-5-7-21(24(23)27-2)18-9-10-22-19(15-18)6-3-4-12-26-22/h5,7-11,13-15,26H,3-4,6,12,16H2,1-2H3. The highest BCUT2D eigenvalue weighted by atomic mass is 16.5. The summed E-state index contributed by atoms with van der Waals surface area (Å²) in [5, 5.41) is 3.52. The summed E-state index contributed by atoms with van der Waals surface area (Å²) < 4.78 is 11.8. The van der Waals surface area contributed by atoms with Gasteiger partial charge in [-0.25, -0.2) is 0 Å². The first-order valence-corrected chi connectivity index (χ1v) is 9.83. The highest BCUT2D eigenvalue weighted by Gasteiger charge is 2.15. The Bertz CT molecular complexity index is 969. The van der Waals surface area contributed by atoms with Gasteiger partial charge < -0.3 is 14.8 Å². The molecule has 1 aliphatic heterocycles. The lowest BCUT2D eigenvalue weighted by Gasteiger charge is -2.16. The fourth-order valence-corrected chi connectivity index (χ4v) is 3.70. The molecule has 4 rings (SSSR count). The molecule has 4 heteroatoms. The maximum atomic E-state index is 6.06. The summed E-state index contributed by atoms with van der Waals surface area (Å²) >= 11 is 0. The largest absolute Gasteiger partial charge is 0.492 e. The number of methoxy groups -OCH3 is 1. The van der Waals surface area contributed by atoms with Gasteiger partial charge in [0.15, 0.2) is 11.5 Å². The average molecular weight is 374 g/mol. The van der Waals surface area contributed by atoms with Crippen molar-refractivity contribution < 1.29 is 9.47 Å². The first-order chi connectivity index (χ1) is 13.7. The van der Waals surface area contributed by atoms with Gasteiger partial charge >= 0.3 is 0 Å². The van der Waals surface area contributed by atoms with E-state index in [1.54, 1.807) is 7.11 Å². The Morgan fingerprint density at radius 1 is 1.07 bits per heavy atom. The van der Waals surface area contributed by atoms with Crippen LogP contribution in [-0.2, 0) is 13.0 Å². The van der Waals surface area contributed by atoms with E-state index in [-0.39, 0.29) is 0 Å². The van der Waals surface area contributed by atoms with Gasteiger partial charge in [0.05, 0.1) is 12.8 Å². The van der Waals surface area contributed by atoms with Gasteiger partial charge in [0.1, 0.15) is 6.61 Å². The second kappa shape index (κ2) is 8.34. The molecule has 0 aliphatic carbocycles. The predicted octanol–water partition coefficient (Wildman–Crippen LogP) is 5.39. The lowest BCUT2D eigenvalue weighted by Crippen LogP contribution is -2.01. The number of fused-ring (bicyclic) bond motifs is 1. The molecule has 0 saturated carbocycles. The molecule has 0 bridgehead atoms. The summed E-state index contributed by atoms with van der Waals surface area (Å²) in [5.74, 6) is 1.49. The zero-order chi connectivity index (χ0) is 19.3. The number of para-hydroxylation sites is 1. The predicted molar refractivity (Wildman–Crippen MR) is 113 cm³/mol. The normalized spacial score (nSPS) is 13.2. The Morgan fingerprint density at radius 2 is 2.00 bits per heavy atom. The van der Waals surface area contributed by atoms with Gasteiger partial charge in [-0.1, -0.05) is 18.2 Å². The summed E-state index contributed by atoms with van der Waals surface area (Å²) in [6.07, 6.45) is 5.34. The van der Waals surface area contributed by atoms with Crippen molar-refractivity contribution in [2.24, 2.45) is 0 Å². The minimum Gasteiger partial charge on any atom is -0.492 e. The SMILES string of the molecule is COc1c(OCc2cc(C)ccn2)cccc1-c1ccc2c(c1)CCCCN2. The van der Waals surface area contributed by atoms with Gasteiger partial charge in [-0.2, -0.15) is 0 Å². The number of anilines is 1. The first-order valence-electron chi connectivity index (χ1n) is 9.83. The van der Waals surface area contributed by atoms with E-state index >= 15 is 0 Å². The third-order valence-corrected chi connectivity index (χ3v) is 5.14. The maximum Gasteiger partial charge on any atom is 0.168 e. The molecule has 0 fully saturated rings. The topological polar surface area (TPSA) is 43.4 Å². The number of aromatic nitrogens is 1. The van der Waals surface area contributed by atoms with Crippen molar-refractivity contribution in [1.29, 1.82) is 0 Å². The highest BCUT2D eigenvalue weighted by molar-refractivity contribution is 5.76. The molecule has 1 aliphatic rings. The van der Waals surface area contributed by atoms with E-state index in [1.807, 2.05) is 30.5 Å². The van der Waals surface area contributed by atoms with Crippen molar-refractivity contribution in [3.63, 3.8) is 0 Å². The molecule has 1 N–H and O–H groups in total. The average Bonchev–Trinajstić information content (AvgIpc) is 2.96. The van der Waals surface area contributed by atoms with Crippen molar-refractivity contribution in [2.75, 3.05) is 19.0 Å². The number of hydrogen-bond donors (Lipinski definition) is 1. The Hall–Kier alpha value is -3.01. The molecule has 2 aromatic carbocycles. The number of rotatable bonds is 5. The lowest BCUT2D eigenvalue weighted by atomic mass is 9.98. The first kappa shape index (κ1) is 18.4. The third-order valence-electron chi connectivity index (χ3n) is 5.14. The summed E-state index contributed by atoms with van der Waals surface area (Å²) in [4.78, 5) is 4.38. The molecule has 0 atom stereocenters. The zero-order valence-electron chi connectivity index (χ0n) is 16.5. The van der Waals surface area contributed by atoms with Crippen molar-refractivity contribution in [2.45, 2.75) is 32.8 Å². The second-order valence-electron chi connectivity index (χ2n) is 7.21. The van der Waals surface area contributed by atoms with E-state index < -0.39 is 0 Å². The van der Waals surface area contributed by atoms with Gasteiger partial charge in [-0.05, 0) is 73.2 Å². The van der Waals surface area contributed by atoms with Crippen LogP contribution < -0.4 is 14.8 Å². The Kier molecular flexibility index (Phi) is 5.47. The van der Waals surface area contributed by atoms with Gasteiger partial charge in [0.25, 0.3) is 0 Å². The number of pyridine rings is 1. The molecule has 0 radical (unpaired) electrons. The minimum absolute atomic E-state index is 0.412. The molecular formula is C24H26N2O2. The molecular weight excluding hydrogens is 348 g/mol. The smallest absolute Gasteiger partial charge is 0.168 e. The Balaban J connectivity index is 1.63. The van der Waals surface area contributed by atoms with Crippen LogP contribution in [0.1, 0.15) is 29.7 Å². The van der Waals surface area contributed by atoms with Crippen LogP contribution in [0.3, 0.4) is 0 Å². The highest BCUT2D eigenvalue weighted by Crippen LogP contribution is 2.39. The Labute approximate surface area is 166 Å². The van der Waals surface area contributed by atoms with E-state index in [4.69, 9.17) is 9.47 Å². The monoisotopic (exact) mass is 374 g/mol. The van der Waals surface area contributed by atoms with Crippen LogP contribution in [0.4, 0.5) is 5.69 Å². The molecule has 2 heterocycles. The zero-order valence-corrected chi connectivity index (χ0v) is 16.5. The molecule has 0 amide bonds. The van der Waals surface area contributed by atoms with Gasteiger partial charge in [0, 0.05) is 24.0 Å². The van der Waals surface area contributed by atoms with Crippen LogP contribution in [0.5, 0.6) is 11.5 Å². The number of aryl methyl sites for hydroxylation is 2. The summed E-state index contributed by atoms with van der Waals surface area (Å²) in [7, 11) is 1.70. The lowest BCUT2D eigenvalue weighted by molar-refractivity contribution is 0.281. The summed E-state index contributed by atoms with van der Waals surface area (Å²) in [6.45, 7) is 3.52. The van der Waals surface area contributed by atoms with Crippen LogP contribution in [0.2, 0.25) is 0 Å². The molecule has 0 saturated heterocycles. The molecule has 144 valence electrons. The number of nitrogens with zero attached hydrogens (tertiary/aromatic N) is 1. The molecule has 4 nitrogen and oxygen atoms in total. The van der Waals surface area contributed by atoms with Crippen LogP contribution in [-0.4, -0.2) is 18.6 Å². The van der Waals surface area contributed by atoms with Crippen LogP contribution >= 0.6 is 0 Å². The van der Waals surface area contributed by atoms with Crippen LogP contribution in [0, 0.1) is 6.92 Å². The fourth-order valence-electron chi connectivity index (χ4n) is 3.70.